The number of hydrogen-bond donors (Lipinski definition) is 2. The Morgan fingerprint density at radius 3 is 2.75 bits per heavy atom. The van der Waals surface area contributed by atoms with E-state index < -0.39 is 11.8 Å². The van der Waals surface area contributed by atoms with Gasteiger partial charge in [-0.25, -0.2) is 4.39 Å². The number of benzene rings is 2. The Morgan fingerprint density at radius 2 is 2.03 bits per heavy atom. The van der Waals surface area contributed by atoms with E-state index in [1.165, 1.54) is 11.1 Å². The summed E-state index contributed by atoms with van der Waals surface area (Å²) in [6.45, 7) is 3.54. The third-order valence-corrected chi connectivity index (χ3v) is 6.32. The Morgan fingerprint density at radius 1 is 1.25 bits per heavy atom. The summed E-state index contributed by atoms with van der Waals surface area (Å²) in [5.41, 5.74) is 2.82. The number of hydrogen-bond acceptors (Lipinski definition) is 5. The highest BCUT2D eigenvalue weighted by molar-refractivity contribution is 5.95. The summed E-state index contributed by atoms with van der Waals surface area (Å²) in [6.07, 6.45) is 1.73. The van der Waals surface area contributed by atoms with Crippen molar-refractivity contribution in [1.29, 1.82) is 0 Å². The lowest BCUT2D eigenvalue weighted by atomic mass is 9.79. The maximum atomic E-state index is 13.3. The number of rotatable bonds is 9. The molecule has 1 aliphatic heterocycles. The lowest BCUT2D eigenvalue weighted by Gasteiger charge is -2.39. The molecule has 6 nitrogen and oxygen atoms in total. The van der Waals surface area contributed by atoms with Gasteiger partial charge in [-0.1, -0.05) is 24.3 Å². The van der Waals surface area contributed by atoms with Gasteiger partial charge in [0.25, 0.3) is 5.91 Å². The lowest BCUT2D eigenvalue weighted by molar-refractivity contribution is -0.134. The first kappa shape index (κ1) is 22.3. The SMILES string of the molecule is CNc1cc(C(=O)NCCCN2CCc3ccccc3C2)ccc1OC1(C=O)CC(F)C1. The number of aldehydes is 1. The zero-order valence-electron chi connectivity index (χ0n) is 18.4. The van der Waals surface area contributed by atoms with Crippen LogP contribution in [-0.4, -0.2) is 55.5 Å². The van der Waals surface area contributed by atoms with Gasteiger partial charge in [0.15, 0.2) is 11.9 Å². The number of amides is 1. The van der Waals surface area contributed by atoms with Crippen molar-refractivity contribution < 1.29 is 18.7 Å². The lowest BCUT2D eigenvalue weighted by Crippen LogP contribution is -2.51. The van der Waals surface area contributed by atoms with Crippen LogP contribution in [0.2, 0.25) is 0 Å². The Hall–Kier alpha value is -2.93. The summed E-state index contributed by atoms with van der Waals surface area (Å²) < 4.78 is 19.1. The second-order valence-corrected chi connectivity index (χ2v) is 8.66. The van der Waals surface area contributed by atoms with E-state index in [1.807, 2.05) is 0 Å². The maximum Gasteiger partial charge on any atom is 0.251 e. The summed E-state index contributed by atoms with van der Waals surface area (Å²) in [5.74, 6) is 0.281. The van der Waals surface area contributed by atoms with Crippen LogP contribution in [0.4, 0.5) is 10.1 Å². The van der Waals surface area contributed by atoms with Crippen molar-refractivity contribution in [2.24, 2.45) is 0 Å². The molecule has 1 aliphatic carbocycles. The standard InChI is InChI=1S/C25H30FN3O3/c1-27-22-13-19(7-8-23(22)32-25(17-30)14-21(26)15-25)24(31)28-10-4-11-29-12-9-18-5-2-3-6-20(18)16-29/h2-3,5-8,13,17,21,27H,4,9-12,14-16H2,1H3,(H,28,31). The average molecular weight is 440 g/mol. The van der Waals surface area contributed by atoms with E-state index in [-0.39, 0.29) is 18.7 Å². The number of ether oxygens (including phenoxy) is 1. The van der Waals surface area contributed by atoms with Crippen LogP contribution in [0.25, 0.3) is 0 Å². The minimum Gasteiger partial charge on any atom is -0.477 e. The Labute approximate surface area is 188 Å². The van der Waals surface area contributed by atoms with E-state index in [1.54, 1.807) is 25.2 Å². The van der Waals surface area contributed by atoms with Crippen LogP contribution in [0.3, 0.4) is 0 Å². The van der Waals surface area contributed by atoms with E-state index in [9.17, 15) is 14.0 Å². The second-order valence-electron chi connectivity index (χ2n) is 8.66. The normalized spacial score (nSPS) is 22.4. The fraction of sp³-hybridized carbons (Fsp3) is 0.440. The second kappa shape index (κ2) is 9.69. The largest absolute Gasteiger partial charge is 0.477 e. The number of nitrogens with zero attached hydrogens (tertiary/aromatic N) is 1. The third kappa shape index (κ3) is 4.93. The van der Waals surface area contributed by atoms with Crippen LogP contribution in [0.1, 0.15) is 40.7 Å². The van der Waals surface area contributed by atoms with Crippen molar-refractivity contribution in [2.75, 3.05) is 32.0 Å². The van der Waals surface area contributed by atoms with Crippen molar-refractivity contribution in [3.8, 4) is 5.75 Å². The number of fused-ring (bicyclic) bond motifs is 1. The molecule has 0 saturated heterocycles. The molecule has 32 heavy (non-hydrogen) atoms. The molecule has 0 aromatic heterocycles. The van der Waals surface area contributed by atoms with Gasteiger partial charge in [0.05, 0.1) is 5.69 Å². The molecule has 1 amide bonds. The van der Waals surface area contributed by atoms with Crippen molar-refractivity contribution >= 4 is 17.9 Å². The molecular weight excluding hydrogens is 409 g/mol. The molecule has 4 rings (SSSR count). The zero-order chi connectivity index (χ0) is 22.6. The summed E-state index contributed by atoms with van der Waals surface area (Å²) >= 11 is 0. The van der Waals surface area contributed by atoms with E-state index in [0.29, 0.717) is 29.8 Å². The number of anilines is 1. The topological polar surface area (TPSA) is 70.7 Å². The molecule has 2 aromatic rings. The molecule has 2 aromatic carbocycles. The molecule has 0 atom stereocenters. The van der Waals surface area contributed by atoms with Crippen LogP contribution in [0, 0.1) is 0 Å². The van der Waals surface area contributed by atoms with Gasteiger partial charge in [-0.15, -0.1) is 0 Å². The van der Waals surface area contributed by atoms with Gasteiger partial charge in [-0.3, -0.25) is 14.5 Å². The molecule has 170 valence electrons. The summed E-state index contributed by atoms with van der Waals surface area (Å²) in [5, 5.41) is 5.97. The van der Waals surface area contributed by atoms with Gasteiger partial charge in [0.1, 0.15) is 11.9 Å². The fourth-order valence-electron chi connectivity index (χ4n) is 4.42. The highest BCUT2D eigenvalue weighted by Crippen LogP contribution is 2.39. The maximum absolute atomic E-state index is 13.3. The molecule has 2 aliphatic rings. The van der Waals surface area contributed by atoms with Gasteiger partial charge in [0.2, 0.25) is 0 Å². The number of alkyl halides is 1. The molecule has 0 unspecified atom stereocenters. The molecule has 1 heterocycles. The van der Waals surface area contributed by atoms with Crippen molar-refractivity contribution in [1.82, 2.24) is 10.2 Å². The monoisotopic (exact) mass is 439 g/mol. The van der Waals surface area contributed by atoms with Crippen LogP contribution in [0.15, 0.2) is 42.5 Å². The number of halogens is 1. The molecule has 7 heteroatoms. The van der Waals surface area contributed by atoms with Crippen molar-refractivity contribution in [2.45, 2.75) is 44.0 Å². The number of nitrogens with one attached hydrogen (secondary N) is 2. The number of carbonyl (C=O) groups is 2. The first-order valence-corrected chi connectivity index (χ1v) is 11.2. The molecule has 1 fully saturated rings. The van der Waals surface area contributed by atoms with Crippen LogP contribution >= 0.6 is 0 Å². The van der Waals surface area contributed by atoms with Crippen molar-refractivity contribution in [3.63, 3.8) is 0 Å². The van der Waals surface area contributed by atoms with E-state index in [2.05, 4.69) is 39.8 Å². The molecule has 0 radical (unpaired) electrons. The minimum atomic E-state index is -1.11. The molecule has 0 bridgehead atoms. The Kier molecular flexibility index (Phi) is 6.74. The van der Waals surface area contributed by atoms with Gasteiger partial charge in [-0.05, 0) is 42.2 Å². The predicted molar refractivity (Wildman–Crippen MR) is 122 cm³/mol. The Bertz CT molecular complexity index is 975. The van der Waals surface area contributed by atoms with Gasteiger partial charge in [0, 0.05) is 51.6 Å². The van der Waals surface area contributed by atoms with Gasteiger partial charge >= 0.3 is 0 Å². The zero-order valence-corrected chi connectivity index (χ0v) is 18.4. The van der Waals surface area contributed by atoms with Crippen molar-refractivity contribution in [3.05, 3.63) is 59.2 Å². The smallest absolute Gasteiger partial charge is 0.251 e. The highest BCUT2D eigenvalue weighted by atomic mass is 19.1. The molecule has 2 N–H and O–H groups in total. The molecule has 0 spiro atoms. The first-order chi connectivity index (χ1) is 15.5. The van der Waals surface area contributed by atoms with Crippen LogP contribution < -0.4 is 15.4 Å². The summed E-state index contributed by atoms with van der Waals surface area (Å²) in [6, 6.07) is 13.6. The predicted octanol–water partition coefficient (Wildman–Crippen LogP) is 3.35. The van der Waals surface area contributed by atoms with Crippen LogP contribution in [0.5, 0.6) is 5.75 Å². The fourth-order valence-corrected chi connectivity index (χ4v) is 4.42. The van der Waals surface area contributed by atoms with Gasteiger partial charge < -0.3 is 15.4 Å². The quantitative estimate of drug-likeness (QED) is 0.463. The van der Waals surface area contributed by atoms with Gasteiger partial charge in [-0.2, -0.15) is 0 Å². The number of carbonyl (C=O) groups excluding carboxylic acids is 2. The van der Waals surface area contributed by atoms with E-state index in [0.717, 1.165) is 32.5 Å². The first-order valence-electron chi connectivity index (χ1n) is 11.2. The van der Waals surface area contributed by atoms with E-state index >= 15 is 0 Å². The Balaban J connectivity index is 1.27. The molecule has 1 saturated carbocycles. The summed E-state index contributed by atoms with van der Waals surface area (Å²) in [4.78, 5) is 26.4. The summed E-state index contributed by atoms with van der Waals surface area (Å²) in [7, 11) is 1.72. The highest BCUT2D eigenvalue weighted by Gasteiger charge is 2.47. The molecular formula is C25H30FN3O3. The average Bonchev–Trinajstić information content (AvgIpc) is 2.80. The van der Waals surface area contributed by atoms with Crippen LogP contribution in [-0.2, 0) is 17.8 Å². The minimum absolute atomic E-state index is 0.0600. The third-order valence-electron chi connectivity index (χ3n) is 6.32. The van der Waals surface area contributed by atoms with E-state index in [4.69, 9.17) is 4.74 Å².